The second-order valence-corrected chi connectivity index (χ2v) is 11.2. The number of ether oxygens (including phenoxy) is 2. The van der Waals surface area contributed by atoms with Crippen molar-refractivity contribution in [3.05, 3.63) is 60.2 Å². The molecule has 0 aromatic heterocycles. The number of hydrogen-bond acceptors (Lipinski definition) is 11. The maximum absolute atomic E-state index is 13.0. The van der Waals surface area contributed by atoms with Crippen LogP contribution in [-0.2, 0) is 28.7 Å². The Kier molecular flexibility index (Phi) is 12.2. The molecule has 1 aliphatic heterocycles. The highest BCUT2D eigenvalue weighted by Crippen LogP contribution is 2.32. The van der Waals surface area contributed by atoms with E-state index in [2.05, 4.69) is 32.7 Å². The fourth-order valence-corrected chi connectivity index (χ4v) is 4.67. The predicted molar refractivity (Wildman–Crippen MR) is 169 cm³/mol. The number of ketones is 1. The fourth-order valence-electron chi connectivity index (χ4n) is 4.67. The second kappa shape index (κ2) is 16.2. The molecule has 1 fully saturated rings. The summed E-state index contributed by atoms with van der Waals surface area (Å²) in [5.41, 5.74) is 2.89. The minimum Gasteiger partial charge on any atom is -0.462 e. The molecule has 15 heteroatoms. The van der Waals surface area contributed by atoms with Gasteiger partial charge in [-0.15, -0.1) is 0 Å². The monoisotopic (exact) mass is 653 g/mol. The number of carbonyl (C=O) groups excluding carboxylic acids is 5. The molecule has 2 aromatic rings. The van der Waals surface area contributed by atoms with E-state index in [0.717, 1.165) is 12.0 Å². The first kappa shape index (κ1) is 35.2. The van der Waals surface area contributed by atoms with Gasteiger partial charge in [0.05, 0.1) is 19.1 Å². The molecule has 0 radical (unpaired) electrons. The van der Waals surface area contributed by atoms with E-state index in [-0.39, 0.29) is 43.3 Å². The van der Waals surface area contributed by atoms with Crippen LogP contribution in [0.25, 0.3) is 5.57 Å². The largest absolute Gasteiger partial charge is 0.462 e. The number of aliphatic hydroxyl groups is 3. The van der Waals surface area contributed by atoms with E-state index in [9.17, 15) is 39.3 Å². The van der Waals surface area contributed by atoms with Crippen LogP contribution < -0.4 is 31.3 Å². The van der Waals surface area contributed by atoms with Gasteiger partial charge in [-0.3, -0.25) is 24.0 Å². The number of amides is 4. The Morgan fingerprint density at radius 1 is 0.851 bits per heavy atom. The van der Waals surface area contributed by atoms with E-state index in [4.69, 9.17) is 9.47 Å². The van der Waals surface area contributed by atoms with E-state index >= 15 is 0 Å². The highest BCUT2D eigenvalue weighted by molar-refractivity contribution is 5.97. The number of Topliss-reactive ketones (excluding diaryl/α,β-unsaturated/α-hetero) is 1. The lowest BCUT2D eigenvalue weighted by molar-refractivity contribution is -0.265. The van der Waals surface area contributed by atoms with Crippen molar-refractivity contribution in [3.8, 4) is 5.75 Å². The summed E-state index contributed by atoms with van der Waals surface area (Å²) in [5, 5.41) is 44.2. The van der Waals surface area contributed by atoms with Crippen LogP contribution in [0.5, 0.6) is 5.75 Å². The van der Waals surface area contributed by atoms with Crippen molar-refractivity contribution in [2.75, 3.05) is 30.8 Å². The molecule has 2 aliphatic rings. The van der Waals surface area contributed by atoms with E-state index in [1.54, 1.807) is 19.2 Å². The molecule has 1 aliphatic carbocycles. The van der Waals surface area contributed by atoms with Gasteiger partial charge in [0.25, 0.3) is 5.91 Å². The summed E-state index contributed by atoms with van der Waals surface area (Å²) < 4.78 is 11.2. The number of aliphatic hydroxyl groups excluding tert-OH is 3. The molecular formula is C32H39N5O10. The van der Waals surface area contributed by atoms with Crippen molar-refractivity contribution >= 4 is 46.4 Å². The van der Waals surface area contributed by atoms with Crippen LogP contribution in [0.15, 0.2) is 54.6 Å². The van der Waals surface area contributed by atoms with Crippen LogP contribution in [0.1, 0.15) is 31.7 Å². The predicted octanol–water partition coefficient (Wildman–Crippen LogP) is -0.573. The molecule has 252 valence electrons. The van der Waals surface area contributed by atoms with Gasteiger partial charge in [-0.25, -0.2) is 0 Å². The molecule has 8 N–H and O–H groups in total. The average Bonchev–Trinajstić information content (AvgIpc) is 3.90. The Morgan fingerprint density at radius 3 is 2.09 bits per heavy atom. The number of carbonyl (C=O) groups is 5. The molecular weight excluding hydrogens is 614 g/mol. The van der Waals surface area contributed by atoms with Crippen molar-refractivity contribution in [2.45, 2.75) is 62.9 Å². The minimum atomic E-state index is -1.74. The lowest BCUT2D eigenvalue weighted by Gasteiger charge is -2.39. The molecule has 4 rings (SSSR count). The molecule has 6 atom stereocenters. The quantitative estimate of drug-likeness (QED) is 0.121. The molecule has 47 heavy (non-hydrogen) atoms. The topological polar surface area (TPSA) is 225 Å². The van der Waals surface area contributed by atoms with Gasteiger partial charge in [-0.05, 0) is 74.3 Å². The first-order valence-electron chi connectivity index (χ1n) is 15.0. The lowest BCUT2D eigenvalue weighted by Crippen LogP contribution is -2.62. The SMILES string of the molecule is CNC(CCC(=O)NCC(C)=O)C(=O)NCC(=O)Nc1ccc(NC(=O)C2OC(Oc3ccc(C4=CC4)cc3)C(O)C(O)C2O)cc1. The maximum atomic E-state index is 13.0. The van der Waals surface area contributed by atoms with Gasteiger partial charge < -0.3 is 51.4 Å². The van der Waals surface area contributed by atoms with Gasteiger partial charge in [-0.2, -0.15) is 0 Å². The van der Waals surface area contributed by atoms with Crippen molar-refractivity contribution < 1.29 is 48.8 Å². The van der Waals surface area contributed by atoms with Gasteiger partial charge in [0.1, 0.15) is 29.8 Å². The molecule has 6 unspecified atom stereocenters. The summed E-state index contributed by atoms with van der Waals surface area (Å²) in [4.78, 5) is 60.6. The highest BCUT2D eigenvalue weighted by Gasteiger charge is 2.48. The zero-order chi connectivity index (χ0) is 34.1. The van der Waals surface area contributed by atoms with Crippen molar-refractivity contribution in [1.29, 1.82) is 0 Å². The van der Waals surface area contributed by atoms with Crippen LogP contribution in [-0.4, -0.2) is 102 Å². The van der Waals surface area contributed by atoms with Gasteiger partial charge in [0, 0.05) is 17.8 Å². The lowest BCUT2D eigenvalue weighted by atomic mass is 9.98. The third-order valence-corrected chi connectivity index (χ3v) is 7.43. The molecule has 1 heterocycles. The summed E-state index contributed by atoms with van der Waals surface area (Å²) in [6.45, 7) is 0.920. The number of hydrogen-bond donors (Lipinski definition) is 8. The van der Waals surface area contributed by atoms with Gasteiger partial charge in [0.2, 0.25) is 24.0 Å². The first-order valence-corrected chi connectivity index (χ1v) is 15.0. The van der Waals surface area contributed by atoms with E-state index in [1.165, 1.54) is 36.8 Å². The maximum Gasteiger partial charge on any atom is 0.256 e. The van der Waals surface area contributed by atoms with Crippen LogP contribution in [0.4, 0.5) is 11.4 Å². The Labute approximate surface area is 270 Å². The summed E-state index contributed by atoms with van der Waals surface area (Å²) in [6, 6.07) is 12.2. The Balaban J connectivity index is 1.24. The Hall–Kier alpha value is -4.67. The van der Waals surface area contributed by atoms with Crippen LogP contribution >= 0.6 is 0 Å². The molecule has 0 saturated carbocycles. The highest BCUT2D eigenvalue weighted by atomic mass is 16.7. The minimum absolute atomic E-state index is 0.0111. The van der Waals surface area contributed by atoms with E-state index in [1.807, 2.05) is 12.1 Å². The van der Waals surface area contributed by atoms with Crippen molar-refractivity contribution in [1.82, 2.24) is 16.0 Å². The smallest absolute Gasteiger partial charge is 0.256 e. The number of benzene rings is 2. The van der Waals surface area contributed by atoms with Gasteiger partial charge in [-0.1, -0.05) is 18.2 Å². The van der Waals surface area contributed by atoms with Crippen molar-refractivity contribution in [2.24, 2.45) is 0 Å². The third-order valence-electron chi connectivity index (χ3n) is 7.43. The summed E-state index contributed by atoms with van der Waals surface area (Å²) in [5.74, 6) is -2.03. The van der Waals surface area contributed by atoms with Crippen molar-refractivity contribution in [3.63, 3.8) is 0 Å². The molecule has 0 spiro atoms. The number of allylic oxidation sites excluding steroid dienone is 2. The van der Waals surface area contributed by atoms with Crippen LogP contribution in [0, 0.1) is 0 Å². The second-order valence-electron chi connectivity index (χ2n) is 11.2. The third kappa shape index (κ3) is 10.2. The number of nitrogens with one attached hydrogen (secondary N) is 5. The van der Waals surface area contributed by atoms with Crippen LogP contribution in [0.3, 0.4) is 0 Å². The Morgan fingerprint density at radius 2 is 1.49 bits per heavy atom. The summed E-state index contributed by atoms with van der Waals surface area (Å²) in [7, 11) is 1.55. The summed E-state index contributed by atoms with van der Waals surface area (Å²) in [6.07, 6.45) is -4.93. The molecule has 4 amide bonds. The molecule has 15 nitrogen and oxygen atoms in total. The number of likely N-dealkylation sites (N-methyl/N-ethyl adjacent to an activating group) is 1. The average molecular weight is 654 g/mol. The molecule has 2 aromatic carbocycles. The fraction of sp³-hybridized carbons (Fsp3) is 0.406. The summed E-state index contributed by atoms with van der Waals surface area (Å²) >= 11 is 0. The first-order chi connectivity index (χ1) is 22.4. The number of rotatable bonds is 15. The van der Waals surface area contributed by atoms with Crippen LogP contribution in [0.2, 0.25) is 0 Å². The normalized spacial score (nSPS) is 22.2. The zero-order valence-electron chi connectivity index (χ0n) is 25.9. The molecule has 0 bridgehead atoms. The molecule has 1 saturated heterocycles. The number of anilines is 2. The Bertz CT molecular complexity index is 1480. The van der Waals surface area contributed by atoms with E-state index in [0.29, 0.717) is 11.4 Å². The zero-order valence-corrected chi connectivity index (χ0v) is 25.9. The van der Waals surface area contributed by atoms with E-state index < -0.39 is 54.5 Å². The standard InChI is InChI=1S/C32H39N5O10/c1-17(38)15-34-24(39)14-13-23(33-2)30(44)35-16-25(40)36-20-7-9-21(10-8-20)37-31(45)29-27(42)26(41)28(43)32(47-29)46-22-11-5-19(6-12-22)18-3-4-18/h3,5-12,23,26-29,32-33,41-43H,4,13-16H2,1-2H3,(H,34,39)(H,35,44)(H,36,40)(H,37,45). The van der Waals surface area contributed by atoms with Gasteiger partial charge >= 0.3 is 0 Å². The van der Waals surface area contributed by atoms with Gasteiger partial charge in [0.15, 0.2) is 6.10 Å².